The zero-order valence-electron chi connectivity index (χ0n) is 16.7. The average molecular weight is 500 g/mol. The predicted octanol–water partition coefficient (Wildman–Crippen LogP) is 5.08. The van der Waals surface area contributed by atoms with Crippen LogP contribution in [0.25, 0.3) is 0 Å². The molecule has 1 aliphatic rings. The molecule has 2 rings (SSSR count). The topological polar surface area (TPSA) is 54.0 Å². The highest BCUT2D eigenvalue weighted by Crippen LogP contribution is 2.28. The smallest absolute Gasteiger partial charge is 0.342 e. The molecule has 0 aliphatic carbocycles. The number of hydrogen-bond donors (Lipinski definition) is 0. The van der Waals surface area contributed by atoms with Gasteiger partial charge in [0.1, 0.15) is 24.2 Å². The summed E-state index contributed by atoms with van der Waals surface area (Å²) in [6.45, 7) is 2.37. The molecule has 1 aromatic carbocycles. The normalized spacial score (nSPS) is 24.7. The monoisotopic (exact) mass is 500 g/mol. The molecule has 6 heteroatoms. The van der Waals surface area contributed by atoms with E-state index in [0.717, 1.165) is 12.0 Å². The third kappa shape index (κ3) is 6.60. The Labute approximate surface area is 181 Å². The highest BCUT2D eigenvalue weighted by Gasteiger charge is 2.27. The fourth-order valence-corrected chi connectivity index (χ4v) is 3.60. The van der Waals surface area contributed by atoms with E-state index in [0.29, 0.717) is 30.6 Å². The number of fused-ring (bicyclic) bond motifs is 1. The summed E-state index contributed by atoms with van der Waals surface area (Å²) in [5.41, 5.74) is 1.41. The minimum atomic E-state index is -0.355. The number of cyclic esters (lactones) is 1. The van der Waals surface area contributed by atoms with E-state index < -0.39 is 0 Å². The molecule has 154 valence electrons. The summed E-state index contributed by atoms with van der Waals surface area (Å²) in [4.78, 5) is 13.1. The van der Waals surface area contributed by atoms with E-state index in [1.165, 1.54) is 0 Å². The van der Waals surface area contributed by atoms with E-state index in [2.05, 4.69) is 41.7 Å². The molecule has 0 spiro atoms. The quantitative estimate of drug-likeness (QED) is 0.236. The summed E-state index contributed by atoms with van der Waals surface area (Å²) in [6, 6.07) is 5.64. The van der Waals surface area contributed by atoms with Gasteiger partial charge in [-0.25, -0.2) is 4.79 Å². The number of halogens is 1. The van der Waals surface area contributed by atoms with Crippen molar-refractivity contribution in [2.75, 3.05) is 21.0 Å². The van der Waals surface area contributed by atoms with Gasteiger partial charge in [0, 0.05) is 20.0 Å². The summed E-state index contributed by atoms with van der Waals surface area (Å²) in [7, 11) is 3.18. The van der Waals surface area contributed by atoms with Crippen molar-refractivity contribution in [2.24, 2.45) is 5.92 Å². The van der Waals surface area contributed by atoms with Crippen LogP contribution in [0.2, 0.25) is 0 Å². The van der Waals surface area contributed by atoms with Crippen LogP contribution in [-0.2, 0) is 20.6 Å². The zero-order valence-corrected chi connectivity index (χ0v) is 18.9. The number of methoxy groups -OCH3 is 2. The molecule has 1 aromatic rings. The molecule has 0 amide bonds. The van der Waals surface area contributed by atoms with Gasteiger partial charge >= 0.3 is 5.97 Å². The van der Waals surface area contributed by atoms with Crippen LogP contribution in [0.1, 0.15) is 42.1 Å². The maximum Gasteiger partial charge on any atom is 0.342 e. The van der Waals surface area contributed by atoms with Gasteiger partial charge in [-0.1, -0.05) is 59.9 Å². The van der Waals surface area contributed by atoms with Gasteiger partial charge in [0.15, 0.2) is 0 Å². The largest absolute Gasteiger partial charge is 0.496 e. The Morgan fingerprint density at radius 2 is 2.11 bits per heavy atom. The Balaban J connectivity index is 2.37. The highest BCUT2D eigenvalue weighted by molar-refractivity contribution is 14.1. The number of ether oxygens (including phenoxy) is 4. The van der Waals surface area contributed by atoms with Gasteiger partial charge in [0.2, 0.25) is 0 Å². The van der Waals surface area contributed by atoms with E-state index in [9.17, 15) is 4.79 Å². The van der Waals surface area contributed by atoms with Crippen molar-refractivity contribution in [1.29, 1.82) is 0 Å². The summed E-state index contributed by atoms with van der Waals surface area (Å²) in [5, 5.41) is 0. The molecule has 1 aliphatic heterocycles. The molecule has 0 aromatic heterocycles. The zero-order chi connectivity index (χ0) is 20.4. The number of carbonyl (C=O) groups excluding carboxylic acids is 1. The molecule has 1 heterocycles. The Bertz CT molecular complexity index is 686. The fourth-order valence-electron chi connectivity index (χ4n) is 3.31. The highest BCUT2D eigenvalue weighted by atomic mass is 127. The number of carbonyl (C=O) groups is 1. The van der Waals surface area contributed by atoms with Crippen molar-refractivity contribution in [1.82, 2.24) is 0 Å². The number of allylic oxidation sites excluding steroid dienone is 2. The van der Waals surface area contributed by atoms with Crippen molar-refractivity contribution in [3.8, 4) is 5.75 Å². The van der Waals surface area contributed by atoms with E-state index in [1.807, 2.05) is 22.3 Å². The molecule has 0 radical (unpaired) electrons. The summed E-state index contributed by atoms with van der Waals surface area (Å²) in [6.07, 6.45) is 8.67. The van der Waals surface area contributed by atoms with E-state index in [-0.39, 0.29) is 30.9 Å². The second kappa shape index (κ2) is 12.2. The lowest BCUT2D eigenvalue weighted by atomic mass is 9.93. The Morgan fingerprint density at radius 1 is 1.29 bits per heavy atom. The third-order valence-corrected chi connectivity index (χ3v) is 5.35. The molecule has 0 fully saturated rings. The van der Waals surface area contributed by atoms with Crippen molar-refractivity contribution in [2.45, 2.75) is 44.8 Å². The molecular formula is C22H29IO5. The maximum atomic E-state index is 13.1. The molecule has 0 N–H and O–H groups in total. The van der Waals surface area contributed by atoms with E-state index in [4.69, 9.17) is 18.9 Å². The molecule has 0 saturated carbocycles. The second-order valence-electron chi connectivity index (χ2n) is 6.85. The SMILES string of the molecule is COCO[C@@H]1C[C@H](C/C=C/I)OC(=O)c2c(cccc2OC)C/C=C/C[C@@H]1C. The molecular weight excluding hydrogens is 471 g/mol. The van der Waals surface area contributed by atoms with Crippen LogP contribution < -0.4 is 4.74 Å². The number of esters is 1. The summed E-state index contributed by atoms with van der Waals surface area (Å²) >= 11 is 2.17. The van der Waals surface area contributed by atoms with Crippen LogP contribution in [0, 0.1) is 5.92 Å². The Kier molecular flexibility index (Phi) is 10.0. The second-order valence-corrected chi connectivity index (χ2v) is 7.57. The van der Waals surface area contributed by atoms with Gasteiger partial charge in [-0.2, -0.15) is 0 Å². The van der Waals surface area contributed by atoms with Gasteiger partial charge in [0.25, 0.3) is 0 Å². The molecule has 0 unspecified atom stereocenters. The van der Waals surface area contributed by atoms with Gasteiger partial charge in [-0.05, 0) is 34.5 Å². The van der Waals surface area contributed by atoms with E-state index >= 15 is 0 Å². The minimum Gasteiger partial charge on any atom is -0.496 e. The molecule has 28 heavy (non-hydrogen) atoms. The summed E-state index contributed by atoms with van der Waals surface area (Å²) in [5.74, 6) is 0.462. The van der Waals surface area contributed by atoms with E-state index in [1.54, 1.807) is 20.3 Å². The lowest BCUT2D eigenvalue weighted by molar-refractivity contribution is -0.102. The first-order chi connectivity index (χ1) is 13.6. The van der Waals surface area contributed by atoms with Gasteiger partial charge in [-0.3, -0.25) is 0 Å². The number of hydrogen-bond acceptors (Lipinski definition) is 5. The van der Waals surface area contributed by atoms with Gasteiger partial charge in [0.05, 0.1) is 13.2 Å². The van der Waals surface area contributed by atoms with Crippen LogP contribution in [0.15, 0.2) is 40.5 Å². The van der Waals surface area contributed by atoms with Crippen molar-refractivity contribution >= 4 is 28.6 Å². The third-order valence-electron chi connectivity index (χ3n) is 4.84. The molecule has 3 atom stereocenters. The number of benzene rings is 1. The van der Waals surface area contributed by atoms with Crippen molar-refractivity contribution in [3.05, 3.63) is 51.6 Å². The van der Waals surface area contributed by atoms with Crippen molar-refractivity contribution in [3.63, 3.8) is 0 Å². The first kappa shape index (κ1) is 22.9. The van der Waals surface area contributed by atoms with Crippen LogP contribution in [0.5, 0.6) is 5.75 Å². The van der Waals surface area contributed by atoms with Crippen molar-refractivity contribution < 1.29 is 23.7 Å². The predicted molar refractivity (Wildman–Crippen MR) is 118 cm³/mol. The van der Waals surface area contributed by atoms with Crippen LogP contribution in [0.3, 0.4) is 0 Å². The Hall–Kier alpha value is -1.38. The van der Waals surface area contributed by atoms with Gasteiger partial charge in [-0.15, -0.1) is 0 Å². The van der Waals surface area contributed by atoms with Gasteiger partial charge < -0.3 is 18.9 Å². The molecule has 0 saturated heterocycles. The average Bonchev–Trinajstić information content (AvgIpc) is 2.70. The fraction of sp³-hybridized carbons (Fsp3) is 0.500. The lowest BCUT2D eigenvalue weighted by Gasteiger charge is -2.28. The standard InChI is InChI=1S/C22H29IO5/c1-16-8-4-5-9-17-10-6-12-19(26-3)21(17)22(24)28-18(11-7-13-23)14-20(16)27-15-25-2/h4-7,10,12-13,16,18,20H,8-9,11,14-15H2,1-3H3/b5-4+,13-7+/t16-,18-,20+/m0/s1. The first-order valence-corrected chi connectivity index (χ1v) is 10.7. The molecule has 5 nitrogen and oxygen atoms in total. The minimum absolute atomic E-state index is 0.0680. The Morgan fingerprint density at radius 3 is 2.82 bits per heavy atom. The summed E-state index contributed by atoms with van der Waals surface area (Å²) < 4.78 is 24.3. The van der Waals surface area contributed by atoms with Crippen LogP contribution in [0.4, 0.5) is 0 Å². The maximum absolute atomic E-state index is 13.1. The van der Waals surface area contributed by atoms with Crippen LogP contribution >= 0.6 is 22.6 Å². The first-order valence-electron chi connectivity index (χ1n) is 9.48. The number of rotatable bonds is 6. The van der Waals surface area contributed by atoms with Crippen LogP contribution in [-0.4, -0.2) is 39.2 Å². The molecule has 0 bridgehead atoms. The lowest BCUT2D eigenvalue weighted by Crippen LogP contribution is -2.31.